The van der Waals surface area contributed by atoms with Crippen molar-refractivity contribution in [1.29, 1.82) is 0 Å². The van der Waals surface area contributed by atoms with Crippen LogP contribution in [0.15, 0.2) is 36.4 Å². The third kappa shape index (κ3) is 1.58. The number of hydrogen-bond acceptors (Lipinski definition) is 3. The fourth-order valence-corrected chi connectivity index (χ4v) is 6.31. The van der Waals surface area contributed by atoms with Gasteiger partial charge in [0.25, 0.3) is 17.7 Å². The highest BCUT2D eigenvalue weighted by Gasteiger charge is 2.88. The van der Waals surface area contributed by atoms with Crippen LogP contribution in [-0.4, -0.2) is 22.7 Å². The molecule has 3 saturated carbocycles. The number of carbonyl (C=O) groups is 3. The first-order valence-electron chi connectivity index (χ1n) is 8.67. The summed E-state index contributed by atoms with van der Waals surface area (Å²) >= 11 is 2.16. The lowest BCUT2D eigenvalue weighted by atomic mass is 9.58. The molecule has 1 N–H and O–H groups in total. The van der Waals surface area contributed by atoms with Crippen molar-refractivity contribution in [2.24, 2.45) is 40.9 Å². The van der Waals surface area contributed by atoms with Gasteiger partial charge in [0.15, 0.2) is 0 Å². The number of rotatable bonds is 2. The summed E-state index contributed by atoms with van der Waals surface area (Å²) in [4.78, 5) is 38.3. The van der Waals surface area contributed by atoms with Crippen LogP contribution in [0.3, 0.4) is 0 Å². The number of imide groups is 1. The first kappa shape index (κ1) is 14.5. The summed E-state index contributed by atoms with van der Waals surface area (Å²) in [5.41, 5.74) is 3.33. The minimum Gasteiger partial charge on any atom is -0.272 e. The molecule has 1 saturated heterocycles. The van der Waals surface area contributed by atoms with Crippen LogP contribution in [-0.2, 0) is 9.59 Å². The van der Waals surface area contributed by atoms with Gasteiger partial charge in [0, 0.05) is 9.13 Å². The molecule has 5 aliphatic carbocycles. The summed E-state index contributed by atoms with van der Waals surface area (Å²) in [5.74, 6) is 0.300. The molecule has 1 heterocycles. The SMILES string of the molecule is O=C(NN1C(=O)[C@@H]2C3C=CC(C4C5C[C@@]543)[C@@H]2C1=O)c1ccc(I)cc1. The van der Waals surface area contributed by atoms with E-state index in [0.29, 0.717) is 16.9 Å². The van der Waals surface area contributed by atoms with E-state index in [2.05, 4.69) is 40.2 Å². The predicted octanol–water partition coefficient (Wildman–Crippen LogP) is 1.99. The van der Waals surface area contributed by atoms with Gasteiger partial charge in [-0.3, -0.25) is 19.8 Å². The first-order valence-corrected chi connectivity index (χ1v) is 9.74. The Kier molecular flexibility index (Phi) is 2.51. The Labute approximate surface area is 157 Å². The van der Waals surface area contributed by atoms with Crippen molar-refractivity contribution in [3.8, 4) is 0 Å². The minimum atomic E-state index is -0.412. The Bertz CT molecular complexity index is 894. The number of hydrogen-bond donors (Lipinski definition) is 1. The maximum Gasteiger partial charge on any atom is 0.270 e. The number of hydrazine groups is 1. The molecule has 1 aromatic rings. The van der Waals surface area contributed by atoms with Gasteiger partial charge in [-0.2, -0.15) is 5.01 Å². The first-order chi connectivity index (χ1) is 12.0. The van der Waals surface area contributed by atoms with E-state index in [1.165, 1.54) is 6.42 Å². The van der Waals surface area contributed by atoms with E-state index < -0.39 is 5.91 Å². The highest BCUT2D eigenvalue weighted by atomic mass is 127. The predicted molar refractivity (Wildman–Crippen MR) is 95.6 cm³/mol. The molecule has 1 aromatic carbocycles. The molecule has 1 spiro atoms. The molecule has 7 atom stereocenters. The molecule has 6 aliphatic rings. The fraction of sp³-hybridized carbons (Fsp3) is 0.421. The van der Waals surface area contributed by atoms with Crippen LogP contribution in [0.1, 0.15) is 16.8 Å². The number of carbonyl (C=O) groups excluding carboxylic acids is 3. The monoisotopic (exact) mass is 446 g/mol. The van der Waals surface area contributed by atoms with Crippen molar-refractivity contribution in [3.63, 3.8) is 0 Å². The number of benzene rings is 1. The van der Waals surface area contributed by atoms with Crippen LogP contribution in [0, 0.1) is 44.5 Å². The van der Waals surface area contributed by atoms with E-state index in [1.807, 2.05) is 12.1 Å². The van der Waals surface area contributed by atoms with Gasteiger partial charge in [-0.25, -0.2) is 0 Å². The number of halogens is 1. The Morgan fingerprint density at radius 1 is 1.12 bits per heavy atom. The van der Waals surface area contributed by atoms with Gasteiger partial charge in [0.1, 0.15) is 0 Å². The van der Waals surface area contributed by atoms with Crippen LogP contribution in [0.5, 0.6) is 0 Å². The molecule has 7 rings (SSSR count). The van der Waals surface area contributed by atoms with Crippen molar-refractivity contribution in [2.45, 2.75) is 6.42 Å². The smallest absolute Gasteiger partial charge is 0.270 e. The summed E-state index contributed by atoms with van der Waals surface area (Å²) in [5, 5.41) is 1.00. The lowest BCUT2D eigenvalue weighted by molar-refractivity contribution is -0.143. The van der Waals surface area contributed by atoms with E-state index in [1.54, 1.807) is 12.1 Å². The molecule has 4 unspecified atom stereocenters. The van der Waals surface area contributed by atoms with Crippen LogP contribution < -0.4 is 5.43 Å². The summed E-state index contributed by atoms with van der Waals surface area (Å²) in [7, 11) is 0. The molecule has 6 heteroatoms. The number of nitrogens with one attached hydrogen (secondary N) is 1. The van der Waals surface area contributed by atoms with Crippen molar-refractivity contribution >= 4 is 40.3 Å². The zero-order valence-corrected chi connectivity index (χ0v) is 15.3. The van der Waals surface area contributed by atoms with Crippen molar-refractivity contribution in [2.75, 3.05) is 0 Å². The average Bonchev–Trinajstić information content (AvgIpc) is 3.46. The average molecular weight is 446 g/mol. The van der Waals surface area contributed by atoms with Gasteiger partial charge in [-0.15, -0.1) is 0 Å². The van der Waals surface area contributed by atoms with Crippen LogP contribution in [0.25, 0.3) is 0 Å². The standard InChI is InChI=1S/C19H15IN2O3/c20-9-3-1-8(2-4-9)16(23)21-22-17(24)13-10-5-6-11(14(13)18(22)25)19-7-12(19)15(10)19/h1-6,10-15H,7H2,(H,21,23)/t10?,11?,12?,13-,14+,15?,19+/m0/s1. The lowest BCUT2D eigenvalue weighted by Gasteiger charge is -2.42. The van der Waals surface area contributed by atoms with Gasteiger partial charge in [-0.1, -0.05) is 12.2 Å². The Morgan fingerprint density at radius 3 is 2.56 bits per heavy atom. The molecular weight excluding hydrogens is 431 g/mol. The van der Waals surface area contributed by atoms with Gasteiger partial charge in [-0.05, 0) is 82.4 Å². The van der Waals surface area contributed by atoms with Crippen LogP contribution in [0.4, 0.5) is 0 Å². The molecule has 25 heavy (non-hydrogen) atoms. The van der Waals surface area contributed by atoms with Gasteiger partial charge < -0.3 is 0 Å². The molecule has 5 nitrogen and oxygen atoms in total. The van der Waals surface area contributed by atoms with E-state index >= 15 is 0 Å². The Balaban J connectivity index is 1.29. The molecule has 1 aliphatic heterocycles. The Hall–Kier alpha value is -1.70. The van der Waals surface area contributed by atoms with E-state index in [-0.39, 0.29) is 35.5 Å². The second-order valence-electron chi connectivity index (χ2n) is 7.95. The summed E-state index contributed by atoms with van der Waals surface area (Å²) in [6.45, 7) is 0. The lowest BCUT2D eigenvalue weighted by Crippen LogP contribution is -2.46. The zero-order valence-electron chi connectivity index (χ0n) is 13.2. The molecule has 126 valence electrons. The molecule has 3 amide bonds. The van der Waals surface area contributed by atoms with Gasteiger partial charge in [0.2, 0.25) is 0 Å². The highest BCUT2D eigenvalue weighted by Crippen LogP contribution is 2.91. The van der Waals surface area contributed by atoms with Gasteiger partial charge in [0.05, 0.1) is 11.8 Å². The van der Waals surface area contributed by atoms with Gasteiger partial charge >= 0.3 is 0 Å². The molecule has 4 fully saturated rings. The van der Waals surface area contributed by atoms with E-state index in [4.69, 9.17) is 0 Å². The van der Waals surface area contributed by atoms with Crippen LogP contribution in [0.2, 0.25) is 0 Å². The molecular formula is C19H15IN2O3. The minimum absolute atomic E-state index is 0.186. The van der Waals surface area contributed by atoms with E-state index in [0.717, 1.165) is 14.5 Å². The molecule has 0 aromatic heterocycles. The summed E-state index contributed by atoms with van der Waals surface area (Å²) in [6.07, 6.45) is 5.54. The maximum absolute atomic E-state index is 12.9. The topological polar surface area (TPSA) is 66.5 Å². The largest absolute Gasteiger partial charge is 0.272 e. The zero-order chi connectivity index (χ0) is 17.1. The number of amides is 3. The maximum atomic E-state index is 12.9. The third-order valence-electron chi connectivity index (χ3n) is 7.14. The number of nitrogens with zero attached hydrogens (tertiary/aromatic N) is 1. The third-order valence-corrected chi connectivity index (χ3v) is 7.86. The number of allylic oxidation sites excluding steroid dienone is 2. The van der Waals surface area contributed by atoms with E-state index in [9.17, 15) is 14.4 Å². The van der Waals surface area contributed by atoms with Crippen LogP contribution >= 0.6 is 22.6 Å². The molecule has 0 radical (unpaired) electrons. The molecule has 2 bridgehead atoms. The second-order valence-corrected chi connectivity index (χ2v) is 9.19. The highest BCUT2D eigenvalue weighted by molar-refractivity contribution is 14.1. The second kappa shape index (κ2) is 4.34. The fourth-order valence-electron chi connectivity index (χ4n) is 5.95. The van der Waals surface area contributed by atoms with Crippen molar-refractivity contribution in [3.05, 3.63) is 45.6 Å². The Morgan fingerprint density at radius 2 is 1.84 bits per heavy atom. The quantitative estimate of drug-likeness (QED) is 0.430. The van der Waals surface area contributed by atoms with Crippen molar-refractivity contribution < 1.29 is 14.4 Å². The summed E-state index contributed by atoms with van der Waals surface area (Å²) < 4.78 is 1.02. The summed E-state index contributed by atoms with van der Waals surface area (Å²) in [6, 6.07) is 7.05. The normalized spacial score (nSPS) is 44.3. The van der Waals surface area contributed by atoms with Crippen molar-refractivity contribution in [1.82, 2.24) is 10.4 Å².